The number of guanidine groups is 1. The Morgan fingerprint density at radius 3 is 2.65 bits per heavy atom. The number of thioether (sulfide) groups is 1. The predicted molar refractivity (Wildman–Crippen MR) is 121 cm³/mol. The molecule has 1 saturated heterocycles. The Hall–Kier alpha value is -0.870. The molecule has 3 rings (SSSR count). The van der Waals surface area contributed by atoms with Crippen molar-refractivity contribution in [3.63, 3.8) is 0 Å². The number of ether oxygens (including phenoxy) is 2. The molecule has 6 nitrogen and oxygen atoms in total. The van der Waals surface area contributed by atoms with Gasteiger partial charge in [-0.2, -0.15) is 11.8 Å². The van der Waals surface area contributed by atoms with E-state index in [9.17, 15) is 0 Å². The number of fused-ring (bicyclic) bond motifs is 1. The second-order valence-corrected chi connectivity index (χ2v) is 8.00. The van der Waals surface area contributed by atoms with E-state index < -0.39 is 0 Å². The lowest BCUT2D eigenvalue weighted by atomic mass is 9.96. The van der Waals surface area contributed by atoms with Gasteiger partial charge in [0.15, 0.2) is 17.5 Å². The first-order valence-electron chi connectivity index (χ1n) is 8.80. The Morgan fingerprint density at radius 1 is 1.27 bits per heavy atom. The van der Waals surface area contributed by atoms with E-state index >= 15 is 0 Å². The molecule has 146 valence electrons. The zero-order chi connectivity index (χ0) is 17.7. The van der Waals surface area contributed by atoms with Crippen molar-refractivity contribution in [2.75, 3.05) is 51.5 Å². The van der Waals surface area contributed by atoms with Gasteiger partial charge in [0, 0.05) is 22.9 Å². The Labute approximate surface area is 177 Å². The van der Waals surface area contributed by atoms with Crippen LogP contribution in [0.3, 0.4) is 0 Å². The summed E-state index contributed by atoms with van der Waals surface area (Å²) in [4.78, 5) is 6.99. The maximum atomic E-state index is 6.12. The van der Waals surface area contributed by atoms with Crippen molar-refractivity contribution in [2.45, 2.75) is 24.0 Å². The highest BCUT2D eigenvalue weighted by Crippen LogP contribution is 2.35. The zero-order valence-corrected chi connectivity index (χ0v) is 18.6. The summed E-state index contributed by atoms with van der Waals surface area (Å²) in [5, 5.41) is 3.17. The Bertz CT molecular complexity index is 621. The maximum Gasteiger partial charge on any atom is 0.193 e. The number of nitrogens with zero attached hydrogens (tertiary/aromatic N) is 2. The number of hydrogen-bond acceptors (Lipinski definition) is 5. The summed E-state index contributed by atoms with van der Waals surface area (Å²) in [5.41, 5.74) is 6.99. The molecule has 0 atom stereocenters. The fourth-order valence-corrected chi connectivity index (χ4v) is 3.90. The van der Waals surface area contributed by atoms with Crippen molar-refractivity contribution < 1.29 is 9.47 Å². The molecule has 0 unspecified atom stereocenters. The van der Waals surface area contributed by atoms with Crippen LogP contribution in [0.1, 0.15) is 19.3 Å². The van der Waals surface area contributed by atoms with Gasteiger partial charge in [-0.1, -0.05) is 0 Å². The summed E-state index contributed by atoms with van der Waals surface area (Å²) in [7, 11) is 2.17. The van der Waals surface area contributed by atoms with Gasteiger partial charge in [-0.25, -0.2) is 0 Å². The summed E-state index contributed by atoms with van der Waals surface area (Å²) in [6.45, 7) is 4.34. The van der Waals surface area contributed by atoms with Gasteiger partial charge in [0.05, 0.1) is 19.8 Å². The third-order valence-corrected chi connectivity index (χ3v) is 6.29. The highest BCUT2D eigenvalue weighted by atomic mass is 127. The van der Waals surface area contributed by atoms with Crippen LogP contribution in [-0.4, -0.2) is 61.8 Å². The summed E-state index contributed by atoms with van der Waals surface area (Å²) in [5.74, 6) is 1.99. The summed E-state index contributed by atoms with van der Waals surface area (Å²) < 4.78 is 11.6. The Balaban J connectivity index is 0.00000243. The van der Waals surface area contributed by atoms with Crippen LogP contribution in [0.2, 0.25) is 0 Å². The fourth-order valence-electron chi connectivity index (χ4n) is 3.11. The average molecular weight is 492 g/mol. The first-order chi connectivity index (χ1) is 12.1. The minimum absolute atomic E-state index is 0. The monoisotopic (exact) mass is 492 g/mol. The number of aliphatic imine (C=N–C) groups is 1. The van der Waals surface area contributed by atoms with Gasteiger partial charge < -0.3 is 25.4 Å². The smallest absolute Gasteiger partial charge is 0.193 e. The number of piperidine rings is 1. The molecule has 1 fully saturated rings. The SMILES string of the molecule is CSC1(CN=C(N)Nc2ccc3c(c2)OCCCO3)CCN(C)CC1.I. The van der Waals surface area contributed by atoms with E-state index in [1.54, 1.807) is 0 Å². The normalized spacial score (nSPS) is 20.0. The molecule has 1 aromatic rings. The van der Waals surface area contributed by atoms with Gasteiger partial charge in [-0.05, 0) is 51.4 Å². The molecular weight excluding hydrogens is 463 g/mol. The van der Waals surface area contributed by atoms with Gasteiger partial charge in [-0.3, -0.25) is 4.99 Å². The third-order valence-electron chi connectivity index (χ3n) is 4.89. The van der Waals surface area contributed by atoms with E-state index in [0.29, 0.717) is 19.2 Å². The molecule has 0 radical (unpaired) electrons. The molecule has 8 heteroatoms. The lowest BCUT2D eigenvalue weighted by molar-refractivity contribution is 0.242. The number of likely N-dealkylation sites (tertiary alicyclic amines) is 1. The molecule has 1 aromatic carbocycles. The Kier molecular flexibility index (Phi) is 8.15. The van der Waals surface area contributed by atoms with Crippen LogP contribution in [-0.2, 0) is 0 Å². The van der Waals surface area contributed by atoms with E-state index in [0.717, 1.165) is 56.1 Å². The van der Waals surface area contributed by atoms with E-state index in [1.165, 1.54) is 0 Å². The van der Waals surface area contributed by atoms with Crippen molar-refractivity contribution in [1.29, 1.82) is 0 Å². The van der Waals surface area contributed by atoms with Crippen LogP contribution in [0.15, 0.2) is 23.2 Å². The van der Waals surface area contributed by atoms with Gasteiger partial charge in [-0.15, -0.1) is 24.0 Å². The first kappa shape index (κ1) is 21.4. The highest BCUT2D eigenvalue weighted by Gasteiger charge is 2.32. The molecule has 0 spiro atoms. The number of hydrogen-bond donors (Lipinski definition) is 2. The van der Waals surface area contributed by atoms with Crippen LogP contribution in [0.4, 0.5) is 5.69 Å². The molecule has 0 aromatic heterocycles. The Morgan fingerprint density at radius 2 is 1.96 bits per heavy atom. The van der Waals surface area contributed by atoms with Crippen LogP contribution >= 0.6 is 35.7 Å². The predicted octanol–water partition coefficient (Wildman–Crippen LogP) is 3.02. The van der Waals surface area contributed by atoms with Gasteiger partial charge in [0.2, 0.25) is 0 Å². The van der Waals surface area contributed by atoms with Crippen LogP contribution < -0.4 is 20.5 Å². The van der Waals surface area contributed by atoms with Crippen molar-refractivity contribution in [3.8, 4) is 11.5 Å². The van der Waals surface area contributed by atoms with Crippen molar-refractivity contribution in [3.05, 3.63) is 18.2 Å². The van der Waals surface area contributed by atoms with Gasteiger partial charge in [0.25, 0.3) is 0 Å². The number of nitrogens with one attached hydrogen (secondary N) is 1. The molecule has 0 amide bonds. The molecule has 0 bridgehead atoms. The summed E-state index contributed by atoms with van der Waals surface area (Å²) in [6, 6.07) is 5.77. The average Bonchev–Trinajstić information content (AvgIpc) is 2.87. The number of benzene rings is 1. The summed E-state index contributed by atoms with van der Waals surface area (Å²) >= 11 is 1.91. The second kappa shape index (κ2) is 9.89. The van der Waals surface area contributed by atoms with Crippen molar-refractivity contribution >= 4 is 47.4 Å². The molecule has 26 heavy (non-hydrogen) atoms. The largest absolute Gasteiger partial charge is 0.490 e. The number of nitrogens with two attached hydrogens (primary N) is 1. The zero-order valence-electron chi connectivity index (χ0n) is 15.5. The van der Waals surface area contributed by atoms with Crippen LogP contribution in [0, 0.1) is 0 Å². The van der Waals surface area contributed by atoms with E-state index in [1.807, 2.05) is 30.0 Å². The minimum Gasteiger partial charge on any atom is -0.490 e. The van der Waals surface area contributed by atoms with Crippen molar-refractivity contribution in [2.24, 2.45) is 10.7 Å². The van der Waals surface area contributed by atoms with E-state index in [-0.39, 0.29) is 28.7 Å². The fraction of sp³-hybridized carbons (Fsp3) is 0.611. The molecule has 2 aliphatic heterocycles. The third kappa shape index (κ3) is 5.56. The van der Waals surface area contributed by atoms with Crippen molar-refractivity contribution in [1.82, 2.24) is 4.90 Å². The minimum atomic E-state index is 0. The highest BCUT2D eigenvalue weighted by molar-refractivity contribution is 14.0. The first-order valence-corrected chi connectivity index (χ1v) is 10.0. The quantitative estimate of drug-likeness (QED) is 0.383. The van der Waals surface area contributed by atoms with E-state index in [2.05, 4.69) is 28.5 Å². The number of halogens is 1. The topological polar surface area (TPSA) is 72.1 Å². The standard InChI is InChI=1S/C18H28N4O2S.HI/c1-22-8-6-18(25-2,7-9-22)13-20-17(19)21-14-4-5-15-16(12-14)24-11-3-10-23-15;/h4-5,12H,3,6-11,13H2,1-2H3,(H3,19,20,21);1H. The van der Waals surface area contributed by atoms with E-state index in [4.69, 9.17) is 15.2 Å². The van der Waals surface area contributed by atoms with Crippen LogP contribution in [0.25, 0.3) is 0 Å². The molecule has 2 heterocycles. The molecule has 0 saturated carbocycles. The molecule has 2 aliphatic rings. The number of anilines is 1. The number of rotatable bonds is 4. The summed E-state index contributed by atoms with van der Waals surface area (Å²) in [6.07, 6.45) is 5.36. The van der Waals surface area contributed by atoms with Crippen LogP contribution in [0.5, 0.6) is 11.5 Å². The molecule has 3 N–H and O–H groups in total. The lowest BCUT2D eigenvalue weighted by Crippen LogP contribution is -2.43. The maximum absolute atomic E-state index is 6.12. The van der Waals surface area contributed by atoms with Gasteiger partial charge in [0.1, 0.15) is 0 Å². The molecular formula is C18H29IN4O2S. The lowest BCUT2D eigenvalue weighted by Gasteiger charge is -2.38. The van der Waals surface area contributed by atoms with Gasteiger partial charge >= 0.3 is 0 Å². The molecule has 0 aliphatic carbocycles. The second-order valence-electron chi connectivity index (χ2n) is 6.73.